The van der Waals surface area contributed by atoms with E-state index in [1.165, 1.54) is 19.3 Å². The minimum absolute atomic E-state index is 0.236. The van der Waals surface area contributed by atoms with Crippen LogP contribution >= 0.6 is 0 Å². The van der Waals surface area contributed by atoms with Gasteiger partial charge >= 0.3 is 12.3 Å². The Bertz CT molecular complexity index is 833. The molecule has 5 rings (SSSR count). The lowest BCUT2D eigenvalue weighted by atomic mass is 9.80. The molecule has 0 spiro atoms. The standard InChI is InChI=1S/C27H42N2O10/c30-26-36-16-24(38-26)11-28(9-22-4-5-32-18-33-13-22)7-20-2-1-3-21(6-20)8-29(10-23-14-34-19-35-15-23)12-25-17-37-27(31)39-25/h14,20-22,24-25H,1-13,15-19H2. The molecule has 0 bridgehead atoms. The average molecular weight is 555 g/mol. The highest BCUT2D eigenvalue weighted by atomic mass is 16.8. The molecule has 4 fully saturated rings. The van der Waals surface area contributed by atoms with E-state index in [1.807, 2.05) is 0 Å². The van der Waals surface area contributed by atoms with Crippen LogP contribution in [0.1, 0.15) is 32.1 Å². The molecule has 1 aliphatic carbocycles. The molecule has 3 saturated heterocycles. The molecule has 12 nitrogen and oxygen atoms in total. The summed E-state index contributed by atoms with van der Waals surface area (Å²) >= 11 is 0. The lowest BCUT2D eigenvalue weighted by molar-refractivity contribution is -0.0371. The number of hydrogen-bond acceptors (Lipinski definition) is 12. The SMILES string of the molecule is O=C1OCC(CN(CC2=COCOC2)CC2CCCC(CN(CC3CCOCOC3)CC3COC(=O)O3)C2)O1. The van der Waals surface area contributed by atoms with Gasteiger partial charge in [-0.3, -0.25) is 9.80 Å². The van der Waals surface area contributed by atoms with Gasteiger partial charge in [0, 0.05) is 51.4 Å². The number of carbonyl (C=O) groups is 2. The van der Waals surface area contributed by atoms with E-state index in [0.29, 0.717) is 70.6 Å². The van der Waals surface area contributed by atoms with Crippen molar-refractivity contribution < 1.29 is 47.5 Å². The van der Waals surface area contributed by atoms with Crippen LogP contribution in [0.2, 0.25) is 0 Å². The van der Waals surface area contributed by atoms with Crippen molar-refractivity contribution in [2.45, 2.75) is 44.3 Å². The number of cyclic esters (lactones) is 4. The second kappa shape index (κ2) is 14.5. The Morgan fingerprint density at radius 2 is 1.41 bits per heavy atom. The number of nitrogens with zero attached hydrogens (tertiary/aromatic N) is 2. The topological polar surface area (TPSA) is 114 Å². The molecule has 5 aliphatic rings. The van der Waals surface area contributed by atoms with Crippen molar-refractivity contribution in [3.05, 3.63) is 11.8 Å². The van der Waals surface area contributed by atoms with Crippen LogP contribution in [0.15, 0.2) is 11.8 Å². The summed E-state index contributed by atoms with van der Waals surface area (Å²) in [6.45, 7) is 7.88. The van der Waals surface area contributed by atoms with E-state index >= 15 is 0 Å². The van der Waals surface area contributed by atoms with E-state index < -0.39 is 12.3 Å². The van der Waals surface area contributed by atoms with Crippen molar-refractivity contribution in [2.75, 3.05) is 85.9 Å². The highest BCUT2D eigenvalue weighted by molar-refractivity contribution is 5.62. The van der Waals surface area contributed by atoms with Gasteiger partial charge in [-0.05, 0) is 43.4 Å². The first-order valence-electron chi connectivity index (χ1n) is 14.2. The lowest BCUT2D eigenvalue weighted by Crippen LogP contribution is -2.43. The Labute approximate surface area is 229 Å². The van der Waals surface area contributed by atoms with E-state index in [9.17, 15) is 9.59 Å². The third-order valence-electron chi connectivity index (χ3n) is 7.97. The molecular weight excluding hydrogens is 512 g/mol. The summed E-state index contributed by atoms with van der Waals surface area (Å²) in [6.07, 6.45) is 5.72. The summed E-state index contributed by atoms with van der Waals surface area (Å²) in [6, 6.07) is 0. The number of rotatable bonds is 12. The predicted octanol–water partition coefficient (Wildman–Crippen LogP) is 2.37. The third-order valence-corrected chi connectivity index (χ3v) is 7.97. The summed E-state index contributed by atoms with van der Waals surface area (Å²) in [4.78, 5) is 27.8. The van der Waals surface area contributed by atoms with E-state index in [2.05, 4.69) is 9.80 Å². The van der Waals surface area contributed by atoms with Gasteiger partial charge in [-0.15, -0.1) is 0 Å². The van der Waals surface area contributed by atoms with Crippen molar-refractivity contribution >= 4 is 12.3 Å². The van der Waals surface area contributed by atoms with Gasteiger partial charge in [0.2, 0.25) is 0 Å². The van der Waals surface area contributed by atoms with Crippen LogP contribution < -0.4 is 0 Å². The molecule has 5 atom stereocenters. The highest BCUT2D eigenvalue weighted by Crippen LogP contribution is 2.31. The third kappa shape index (κ3) is 9.21. The van der Waals surface area contributed by atoms with E-state index in [4.69, 9.17) is 37.9 Å². The van der Waals surface area contributed by atoms with Crippen molar-refractivity contribution in [3.63, 3.8) is 0 Å². The predicted molar refractivity (Wildman–Crippen MR) is 136 cm³/mol. The summed E-state index contributed by atoms with van der Waals surface area (Å²) in [5.74, 6) is 1.45. The van der Waals surface area contributed by atoms with Crippen LogP contribution in [0.25, 0.3) is 0 Å². The van der Waals surface area contributed by atoms with Crippen LogP contribution in [-0.4, -0.2) is 120 Å². The minimum atomic E-state index is -0.592. The molecule has 0 amide bonds. The van der Waals surface area contributed by atoms with Crippen molar-refractivity contribution in [1.29, 1.82) is 0 Å². The van der Waals surface area contributed by atoms with Crippen LogP contribution in [-0.2, 0) is 37.9 Å². The van der Waals surface area contributed by atoms with Crippen molar-refractivity contribution in [3.8, 4) is 0 Å². The van der Waals surface area contributed by atoms with Gasteiger partial charge in [0.05, 0.1) is 19.5 Å². The first-order chi connectivity index (χ1) is 19.1. The molecule has 39 heavy (non-hydrogen) atoms. The lowest BCUT2D eigenvalue weighted by Gasteiger charge is -2.37. The van der Waals surface area contributed by atoms with E-state index in [0.717, 1.165) is 38.0 Å². The van der Waals surface area contributed by atoms with Crippen molar-refractivity contribution in [2.24, 2.45) is 17.8 Å². The summed E-state index contributed by atoms with van der Waals surface area (Å²) in [5, 5.41) is 0. The van der Waals surface area contributed by atoms with Gasteiger partial charge in [0.15, 0.2) is 19.0 Å². The first kappa shape index (κ1) is 28.4. The normalized spacial score (nSPS) is 31.6. The Balaban J connectivity index is 1.18. The first-order valence-corrected chi connectivity index (χ1v) is 14.2. The highest BCUT2D eigenvalue weighted by Gasteiger charge is 2.33. The fourth-order valence-electron chi connectivity index (χ4n) is 6.33. The molecule has 4 aliphatic heterocycles. The van der Waals surface area contributed by atoms with Gasteiger partial charge in [-0.25, -0.2) is 9.59 Å². The second-order valence-electron chi connectivity index (χ2n) is 11.4. The second-order valence-corrected chi connectivity index (χ2v) is 11.4. The van der Waals surface area contributed by atoms with E-state index in [-0.39, 0.29) is 25.6 Å². The molecule has 0 aromatic heterocycles. The van der Waals surface area contributed by atoms with Crippen LogP contribution in [0.3, 0.4) is 0 Å². The molecule has 0 aromatic rings. The maximum absolute atomic E-state index is 11.5. The zero-order valence-corrected chi connectivity index (χ0v) is 22.7. The Morgan fingerprint density at radius 1 is 0.718 bits per heavy atom. The molecule has 220 valence electrons. The van der Waals surface area contributed by atoms with Gasteiger partial charge in [0.25, 0.3) is 0 Å². The smallest absolute Gasteiger partial charge is 0.475 e. The summed E-state index contributed by atoms with van der Waals surface area (Å²) < 4.78 is 42.7. The van der Waals surface area contributed by atoms with Crippen molar-refractivity contribution in [1.82, 2.24) is 9.80 Å². The average Bonchev–Trinajstić information content (AvgIpc) is 3.43. The van der Waals surface area contributed by atoms with Gasteiger partial charge in [-0.1, -0.05) is 6.42 Å². The van der Waals surface area contributed by atoms with Crippen LogP contribution in [0.4, 0.5) is 9.59 Å². The molecule has 1 saturated carbocycles. The number of carbonyl (C=O) groups excluding carboxylic acids is 2. The fraction of sp³-hybridized carbons (Fsp3) is 0.852. The summed E-state index contributed by atoms with van der Waals surface area (Å²) in [5.41, 5.74) is 1.08. The number of ether oxygens (including phenoxy) is 8. The van der Waals surface area contributed by atoms with Gasteiger partial charge < -0.3 is 37.9 Å². The van der Waals surface area contributed by atoms with Crippen LogP contribution in [0.5, 0.6) is 0 Å². The molecule has 5 unspecified atom stereocenters. The molecule has 0 aromatic carbocycles. The molecule has 0 N–H and O–H groups in total. The Hall–Kier alpha value is -2.12. The molecular formula is C27H42N2O10. The molecule has 0 radical (unpaired) electrons. The monoisotopic (exact) mass is 554 g/mol. The minimum Gasteiger partial charge on any atom is -0.475 e. The zero-order chi connectivity index (χ0) is 26.9. The van der Waals surface area contributed by atoms with Gasteiger partial charge in [0.1, 0.15) is 20.0 Å². The van der Waals surface area contributed by atoms with Crippen LogP contribution in [0, 0.1) is 17.8 Å². The largest absolute Gasteiger partial charge is 0.508 e. The zero-order valence-electron chi connectivity index (χ0n) is 22.7. The maximum Gasteiger partial charge on any atom is 0.508 e. The van der Waals surface area contributed by atoms with E-state index in [1.54, 1.807) is 6.26 Å². The van der Waals surface area contributed by atoms with Gasteiger partial charge in [-0.2, -0.15) is 0 Å². The molecule has 12 heteroatoms. The Kier molecular flexibility index (Phi) is 10.6. The maximum atomic E-state index is 11.5. The Morgan fingerprint density at radius 3 is 2.08 bits per heavy atom. The number of hydrogen-bond donors (Lipinski definition) is 0. The molecule has 4 heterocycles. The summed E-state index contributed by atoms with van der Waals surface area (Å²) in [7, 11) is 0. The quantitative estimate of drug-likeness (QED) is 0.330. The fourth-order valence-corrected chi connectivity index (χ4v) is 6.33.